The maximum atomic E-state index is 11.4. The predicted octanol–water partition coefficient (Wildman–Crippen LogP) is 2.99. The minimum absolute atomic E-state index is 0.351. The SMILES string of the molecule is CCOc1ccccc1OCCNC(=O)OC(C)(C)C. The van der Waals surface area contributed by atoms with Gasteiger partial charge in [0.25, 0.3) is 0 Å². The normalized spacial score (nSPS) is 10.8. The van der Waals surface area contributed by atoms with Crippen molar-refractivity contribution in [3.63, 3.8) is 0 Å². The predicted molar refractivity (Wildman–Crippen MR) is 77.3 cm³/mol. The molecule has 0 bridgehead atoms. The number of amides is 1. The first kappa shape index (κ1) is 16.1. The zero-order chi connectivity index (χ0) is 15.0. The standard InChI is InChI=1S/C15H23NO4/c1-5-18-12-8-6-7-9-13(12)19-11-10-16-14(17)20-15(2,3)4/h6-9H,5,10-11H2,1-4H3,(H,16,17). The molecule has 20 heavy (non-hydrogen) atoms. The van der Waals surface area contributed by atoms with Crippen LogP contribution in [0.15, 0.2) is 24.3 Å². The fourth-order valence-corrected chi connectivity index (χ4v) is 1.47. The highest BCUT2D eigenvalue weighted by atomic mass is 16.6. The summed E-state index contributed by atoms with van der Waals surface area (Å²) in [5.41, 5.74) is -0.494. The Kier molecular flexibility index (Phi) is 6.15. The Balaban J connectivity index is 2.33. The van der Waals surface area contributed by atoms with Gasteiger partial charge in [0.2, 0.25) is 0 Å². The molecule has 0 atom stereocenters. The van der Waals surface area contributed by atoms with E-state index in [0.717, 1.165) is 0 Å². The minimum atomic E-state index is -0.494. The summed E-state index contributed by atoms with van der Waals surface area (Å²) in [6.07, 6.45) is -0.445. The van der Waals surface area contributed by atoms with Crippen LogP contribution in [0.1, 0.15) is 27.7 Å². The second kappa shape index (κ2) is 7.62. The first-order chi connectivity index (χ1) is 9.42. The third-order valence-corrected chi connectivity index (χ3v) is 2.18. The van der Waals surface area contributed by atoms with E-state index in [-0.39, 0.29) is 0 Å². The molecule has 5 heteroatoms. The van der Waals surface area contributed by atoms with Crippen LogP contribution < -0.4 is 14.8 Å². The van der Waals surface area contributed by atoms with Crippen molar-refractivity contribution in [2.75, 3.05) is 19.8 Å². The molecule has 1 rings (SSSR count). The van der Waals surface area contributed by atoms with E-state index in [1.807, 2.05) is 52.0 Å². The van der Waals surface area contributed by atoms with Crippen LogP contribution in [-0.2, 0) is 4.74 Å². The first-order valence-corrected chi connectivity index (χ1v) is 6.74. The molecule has 0 radical (unpaired) electrons. The Bertz CT molecular complexity index is 426. The number of rotatable bonds is 6. The average Bonchev–Trinajstić information content (AvgIpc) is 2.34. The molecule has 112 valence electrons. The van der Waals surface area contributed by atoms with Gasteiger partial charge in [-0.3, -0.25) is 0 Å². The summed E-state index contributed by atoms with van der Waals surface area (Å²) in [5.74, 6) is 1.37. The van der Waals surface area contributed by atoms with Crippen LogP contribution in [0, 0.1) is 0 Å². The van der Waals surface area contributed by atoms with Crippen molar-refractivity contribution in [1.29, 1.82) is 0 Å². The van der Waals surface area contributed by atoms with E-state index in [1.165, 1.54) is 0 Å². The molecule has 0 spiro atoms. The van der Waals surface area contributed by atoms with Crippen molar-refractivity contribution in [3.05, 3.63) is 24.3 Å². The third-order valence-electron chi connectivity index (χ3n) is 2.18. The summed E-state index contributed by atoms with van der Waals surface area (Å²) in [4.78, 5) is 11.4. The maximum absolute atomic E-state index is 11.4. The van der Waals surface area contributed by atoms with Crippen molar-refractivity contribution in [2.24, 2.45) is 0 Å². The highest BCUT2D eigenvalue weighted by Crippen LogP contribution is 2.25. The largest absolute Gasteiger partial charge is 0.490 e. The molecule has 5 nitrogen and oxygen atoms in total. The lowest BCUT2D eigenvalue weighted by Gasteiger charge is -2.19. The highest BCUT2D eigenvalue weighted by molar-refractivity contribution is 5.67. The van der Waals surface area contributed by atoms with E-state index in [9.17, 15) is 4.79 Å². The number of carbonyl (C=O) groups is 1. The first-order valence-electron chi connectivity index (χ1n) is 6.74. The number of nitrogens with one attached hydrogen (secondary N) is 1. The molecule has 0 aliphatic rings. The molecule has 1 aromatic carbocycles. The van der Waals surface area contributed by atoms with Crippen LogP contribution in [0.3, 0.4) is 0 Å². The average molecular weight is 281 g/mol. The molecule has 1 N–H and O–H groups in total. The summed E-state index contributed by atoms with van der Waals surface area (Å²) >= 11 is 0. The monoisotopic (exact) mass is 281 g/mol. The summed E-state index contributed by atoms with van der Waals surface area (Å²) in [6, 6.07) is 7.44. The smallest absolute Gasteiger partial charge is 0.407 e. The van der Waals surface area contributed by atoms with Crippen LogP contribution in [-0.4, -0.2) is 31.5 Å². The lowest BCUT2D eigenvalue weighted by atomic mass is 10.2. The van der Waals surface area contributed by atoms with Crippen molar-refractivity contribution in [3.8, 4) is 11.5 Å². The molecule has 1 aromatic rings. The Morgan fingerprint density at radius 2 is 1.75 bits per heavy atom. The summed E-state index contributed by atoms with van der Waals surface area (Å²) in [5, 5.41) is 2.63. The van der Waals surface area contributed by atoms with Gasteiger partial charge >= 0.3 is 6.09 Å². The number of benzene rings is 1. The van der Waals surface area contributed by atoms with E-state index in [0.29, 0.717) is 31.3 Å². The second-order valence-electron chi connectivity index (χ2n) is 5.16. The van der Waals surface area contributed by atoms with Crippen molar-refractivity contribution < 1.29 is 19.0 Å². The fourth-order valence-electron chi connectivity index (χ4n) is 1.47. The number of hydrogen-bond acceptors (Lipinski definition) is 4. The van der Waals surface area contributed by atoms with Gasteiger partial charge in [-0.1, -0.05) is 12.1 Å². The molecule has 0 aromatic heterocycles. The van der Waals surface area contributed by atoms with Gasteiger partial charge in [0.15, 0.2) is 11.5 Å². The molecule has 0 heterocycles. The van der Waals surface area contributed by atoms with Crippen LogP contribution in [0.4, 0.5) is 4.79 Å². The Labute approximate surface area is 120 Å². The topological polar surface area (TPSA) is 56.8 Å². The molecular formula is C15H23NO4. The maximum Gasteiger partial charge on any atom is 0.407 e. The lowest BCUT2D eigenvalue weighted by molar-refractivity contribution is 0.0520. The van der Waals surface area contributed by atoms with Crippen molar-refractivity contribution in [2.45, 2.75) is 33.3 Å². The van der Waals surface area contributed by atoms with E-state index in [1.54, 1.807) is 0 Å². The van der Waals surface area contributed by atoms with Crippen molar-refractivity contribution in [1.82, 2.24) is 5.32 Å². The third kappa shape index (κ3) is 6.31. The Morgan fingerprint density at radius 1 is 1.15 bits per heavy atom. The number of alkyl carbamates (subject to hydrolysis) is 1. The van der Waals surface area contributed by atoms with E-state index >= 15 is 0 Å². The lowest BCUT2D eigenvalue weighted by Crippen LogP contribution is -2.34. The van der Waals surface area contributed by atoms with Gasteiger partial charge in [0.1, 0.15) is 12.2 Å². The molecule has 0 saturated carbocycles. The van der Waals surface area contributed by atoms with Gasteiger partial charge in [0, 0.05) is 0 Å². The van der Waals surface area contributed by atoms with Crippen LogP contribution >= 0.6 is 0 Å². The second-order valence-corrected chi connectivity index (χ2v) is 5.16. The summed E-state index contributed by atoms with van der Waals surface area (Å²) in [6.45, 7) is 8.68. The van der Waals surface area contributed by atoms with Gasteiger partial charge in [-0.05, 0) is 39.8 Å². The highest BCUT2D eigenvalue weighted by Gasteiger charge is 2.15. The number of carbonyl (C=O) groups excluding carboxylic acids is 1. The number of para-hydroxylation sites is 2. The molecule has 0 aliphatic heterocycles. The summed E-state index contributed by atoms with van der Waals surface area (Å²) < 4.78 is 16.1. The van der Waals surface area contributed by atoms with Crippen LogP contribution in [0.25, 0.3) is 0 Å². The Morgan fingerprint density at radius 3 is 2.30 bits per heavy atom. The fraction of sp³-hybridized carbons (Fsp3) is 0.533. The van der Waals surface area contributed by atoms with Gasteiger partial charge in [-0.25, -0.2) is 4.79 Å². The van der Waals surface area contributed by atoms with E-state index < -0.39 is 11.7 Å². The quantitative estimate of drug-likeness (QED) is 0.814. The van der Waals surface area contributed by atoms with E-state index in [2.05, 4.69) is 5.32 Å². The van der Waals surface area contributed by atoms with Crippen LogP contribution in [0.2, 0.25) is 0 Å². The molecule has 1 amide bonds. The van der Waals surface area contributed by atoms with Crippen molar-refractivity contribution >= 4 is 6.09 Å². The van der Waals surface area contributed by atoms with Crippen LogP contribution in [0.5, 0.6) is 11.5 Å². The number of ether oxygens (including phenoxy) is 3. The van der Waals surface area contributed by atoms with Gasteiger partial charge in [-0.15, -0.1) is 0 Å². The Hall–Kier alpha value is -1.91. The minimum Gasteiger partial charge on any atom is -0.490 e. The molecule has 0 unspecified atom stereocenters. The van der Waals surface area contributed by atoms with E-state index in [4.69, 9.17) is 14.2 Å². The number of hydrogen-bond donors (Lipinski definition) is 1. The van der Waals surface area contributed by atoms with Gasteiger partial charge in [0.05, 0.1) is 13.2 Å². The molecule has 0 saturated heterocycles. The zero-order valence-electron chi connectivity index (χ0n) is 12.6. The molecular weight excluding hydrogens is 258 g/mol. The van der Waals surface area contributed by atoms with Gasteiger partial charge < -0.3 is 19.5 Å². The summed E-state index contributed by atoms with van der Waals surface area (Å²) in [7, 11) is 0. The van der Waals surface area contributed by atoms with Gasteiger partial charge in [-0.2, -0.15) is 0 Å². The molecule has 0 aliphatic carbocycles. The zero-order valence-corrected chi connectivity index (χ0v) is 12.6. The molecule has 0 fully saturated rings.